The van der Waals surface area contributed by atoms with Gasteiger partial charge in [0.1, 0.15) is 0 Å². The fraction of sp³-hybridized carbons (Fsp3) is 1.00. The van der Waals surface area contributed by atoms with Crippen LogP contribution in [0.3, 0.4) is 0 Å². The molecule has 3 atom stereocenters. The molecule has 2 fully saturated rings. The lowest BCUT2D eigenvalue weighted by Crippen LogP contribution is -2.50. The molecular weight excluding hydrogens is 178 g/mol. The van der Waals surface area contributed by atoms with Crippen LogP contribution in [0, 0.1) is 0 Å². The topological polar surface area (TPSA) is 41.5 Å². The molecular formula is C11H21NO2. The molecule has 0 bridgehead atoms. The van der Waals surface area contributed by atoms with Gasteiger partial charge in [0.2, 0.25) is 0 Å². The van der Waals surface area contributed by atoms with Gasteiger partial charge in [-0.05, 0) is 39.5 Å². The van der Waals surface area contributed by atoms with Gasteiger partial charge in [0, 0.05) is 18.7 Å². The predicted molar refractivity (Wildman–Crippen MR) is 55.2 cm³/mol. The highest BCUT2D eigenvalue weighted by atomic mass is 16.5. The first-order valence-electron chi connectivity index (χ1n) is 5.68. The first-order valence-corrected chi connectivity index (χ1v) is 5.68. The van der Waals surface area contributed by atoms with E-state index in [1.54, 1.807) is 0 Å². The maximum absolute atomic E-state index is 9.72. The molecule has 2 aliphatic rings. The molecule has 1 saturated heterocycles. The minimum absolute atomic E-state index is 0.0672. The van der Waals surface area contributed by atoms with Crippen LogP contribution in [-0.4, -0.2) is 35.5 Å². The quantitative estimate of drug-likeness (QED) is 0.698. The van der Waals surface area contributed by atoms with Crippen LogP contribution in [0.4, 0.5) is 0 Å². The highest BCUT2D eigenvalue weighted by molar-refractivity contribution is 4.95. The summed E-state index contributed by atoms with van der Waals surface area (Å²) in [5.74, 6) is 0. The van der Waals surface area contributed by atoms with E-state index in [-0.39, 0.29) is 11.7 Å². The number of aliphatic hydroxyl groups excluding tert-OH is 1. The monoisotopic (exact) mass is 199 g/mol. The standard InChI is InChI=1S/C11H21NO2/c1-11(2)10(6-7-14-11)12-8-4-3-5-9(8)13/h8-10,12-13H,3-7H2,1-2H3/t8-,9-,10?/m0/s1. The van der Waals surface area contributed by atoms with Crippen molar-refractivity contribution in [2.24, 2.45) is 0 Å². The average molecular weight is 199 g/mol. The van der Waals surface area contributed by atoms with Gasteiger partial charge in [0.05, 0.1) is 11.7 Å². The molecule has 0 aromatic rings. The Morgan fingerprint density at radius 2 is 2.07 bits per heavy atom. The third-order valence-electron chi connectivity index (χ3n) is 3.61. The van der Waals surface area contributed by atoms with Crippen LogP contribution in [0.5, 0.6) is 0 Å². The molecule has 1 saturated carbocycles. The van der Waals surface area contributed by atoms with Crippen molar-refractivity contribution in [3.63, 3.8) is 0 Å². The fourth-order valence-electron chi connectivity index (χ4n) is 2.57. The van der Waals surface area contributed by atoms with Crippen LogP contribution >= 0.6 is 0 Å². The minimum atomic E-state index is -0.147. The summed E-state index contributed by atoms with van der Waals surface area (Å²) in [5, 5.41) is 13.3. The van der Waals surface area contributed by atoms with Gasteiger partial charge in [-0.25, -0.2) is 0 Å². The average Bonchev–Trinajstić information content (AvgIpc) is 2.62. The summed E-state index contributed by atoms with van der Waals surface area (Å²) in [4.78, 5) is 0. The van der Waals surface area contributed by atoms with Gasteiger partial charge >= 0.3 is 0 Å². The van der Waals surface area contributed by atoms with Gasteiger partial charge < -0.3 is 15.2 Å². The molecule has 0 radical (unpaired) electrons. The van der Waals surface area contributed by atoms with Gasteiger partial charge in [-0.1, -0.05) is 0 Å². The molecule has 2 rings (SSSR count). The van der Waals surface area contributed by atoms with E-state index in [0.29, 0.717) is 12.1 Å². The number of nitrogens with one attached hydrogen (secondary N) is 1. The normalized spacial score (nSPS) is 41.8. The lowest BCUT2D eigenvalue weighted by molar-refractivity contribution is 0.0156. The zero-order valence-corrected chi connectivity index (χ0v) is 9.12. The molecule has 1 unspecified atom stereocenters. The van der Waals surface area contributed by atoms with Crippen LogP contribution < -0.4 is 5.32 Å². The zero-order chi connectivity index (χ0) is 10.2. The maximum Gasteiger partial charge on any atom is 0.0779 e. The van der Waals surface area contributed by atoms with Crippen LogP contribution in [0.2, 0.25) is 0 Å². The maximum atomic E-state index is 9.72. The van der Waals surface area contributed by atoms with Gasteiger partial charge in [-0.15, -0.1) is 0 Å². The minimum Gasteiger partial charge on any atom is -0.392 e. The van der Waals surface area contributed by atoms with Crippen molar-refractivity contribution in [2.75, 3.05) is 6.61 Å². The number of rotatable bonds is 2. The van der Waals surface area contributed by atoms with Crippen LogP contribution in [0.15, 0.2) is 0 Å². The Balaban J connectivity index is 1.90. The van der Waals surface area contributed by atoms with Crippen LogP contribution in [0.1, 0.15) is 39.5 Å². The summed E-state index contributed by atoms with van der Waals surface area (Å²) < 4.78 is 5.65. The fourth-order valence-corrected chi connectivity index (χ4v) is 2.57. The summed E-state index contributed by atoms with van der Waals surface area (Å²) in [6, 6.07) is 0.696. The van der Waals surface area contributed by atoms with Crippen LogP contribution in [-0.2, 0) is 4.74 Å². The van der Waals surface area contributed by atoms with Crippen molar-refractivity contribution in [1.29, 1.82) is 0 Å². The van der Waals surface area contributed by atoms with Gasteiger partial charge in [-0.3, -0.25) is 0 Å². The first kappa shape index (κ1) is 10.4. The molecule has 14 heavy (non-hydrogen) atoms. The number of hydrogen-bond acceptors (Lipinski definition) is 3. The van der Waals surface area contributed by atoms with Crippen molar-refractivity contribution in [1.82, 2.24) is 5.32 Å². The SMILES string of the molecule is CC1(C)OCCC1N[C@H]1CCC[C@@H]1O. The van der Waals surface area contributed by atoms with Crippen LogP contribution in [0.25, 0.3) is 0 Å². The number of aliphatic hydroxyl groups is 1. The molecule has 3 nitrogen and oxygen atoms in total. The van der Waals surface area contributed by atoms with Crippen molar-refractivity contribution < 1.29 is 9.84 Å². The Hall–Kier alpha value is -0.120. The van der Waals surface area contributed by atoms with Gasteiger partial charge in [0.25, 0.3) is 0 Å². The molecule has 0 aromatic heterocycles. The lowest BCUT2D eigenvalue weighted by Gasteiger charge is -2.30. The largest absolute Gasteiger partial charge is 0.392 e. The molecule has 1 heterocycles. The van der Waals surface area contributed by atoms with Crippen molar-refractivity contribution in [3.8, 4) is 0 Å². The van der Waals surface area contributed by atoms with Crippen molar-refractivity contribution >= 4 is 0 Å². The summed E-state index contributed by atoms with van der Waals surface area (Å²) in [6.45, 7) is 5.09. The van der Waals surface area contributed by atoms with Gasteiger partial charge in [0.15, 0.2) is 0 Å². The van der Waals surface area contributed by atoms with E-state index in [1.807, 2.05) is 0 Å². The highest BCUT2D eigenvalue weighted by Crippen LogP contribution is 2.28. The Morgan fingerprint density at radius 1 is 1.29 bits per heavy atom. The second-order valence-electron chi connectivity index (χ2n) is 5.06. The Bertz CT molecular complexity index is 205. The van der Waals surface area contributed by atoms with Crippen molar-refractivity contribution in [3.05, 3.63) is 0 Å². The third kappa shape index (κ3) is 1.95. The molecule has 3 heteroatoms. The molecule has 0 spiro atoms. The van der Waals surface area contributed by atoms with E-state index in [9.17, 15) is 5.11 Å². The van der Waals surface area contributed by atoms with Crippen molar-refractivity contribution in [2.45, 2.75) is 63.3 Å². The molecule has 0 aromatic carbocycles. The number of hydrogen-bond donors (Lipinski definition) is 2. The van der Waals surface area contributed by atoms with E-state index < -0.39 is 0 Å². The van der Waals surface area contributed by atoms with E-state index in [2.05, 4.69) is 19.2 Å². The van der Waals surface area contributed by atoms with E-state index in [0.717, 1.165) is 32.3 Å². The van der Waals surface area contributed by atoms with E-state index in [4.69, 9.17) is 4.74 Å². The molecule has 1 aliphatic carbocycles. The van der Waals surface area contributed by atoms with Gasteiger partial charge in [-0.2, -0.15) is 0 Å². The third-order valence-corrected chi connectivity index (χ3v) is 3.61. The first-order chi connectivity index (χ1) is 6.59. The number of ether oxygens (including phenoxy) is 1. The smallest absolute Gasteiger partial charge is 0.0779 e. The highest BCUT2D eigenvalue weighted by Gasteiger charge is 2.38. The summed E-state index contributed by atoms with van der Waals surface area (Å²) in [5.41, 5.74) is -0.0672. The lowest BCUT2D eigenvalue weighted by atomic mass is 9.97. The molecule has 2 N–H and O–H groups in total. The van der Waals surface area contributed by atoms with E-state index >= 15 is 0 Å². The summed E-state index contributed by atoms with van der Waals surface area (Å²) >= 11 is 0. The Morgan fingerprint density at radius 3 is 2.57 bits per heavy atom. The molecule has 1 aliphatic heterocycles. The molecule has 0 amide bonds. The Kier molecular flexibility index (Phi) is 2.82. The summed E-state index contributed by atoms with van der Waals surface area (Å²) in [7, 11) is 0. The Labute approximate surface area is 85.8 Å². The second kappa shape index (κ2) is 3.80. The molecule has 82 valence electrons. The second-order valence-corrected chi connectivity index (χ2v) is 5.06. The summed E-state index contributed by atoms with van der Waals surface area (Å²) in [6.07, 6.45) is 4.12. The predicted octanol–water partition coefficient (Wildman–Crippen LogP) is 1.06. The zero-order valence-electron chi connectivity index (χ0n) is 9.12. The van der Waals surface area contributed by atoms with E-state index in [1.165, 1.54) is 0 Å².